The predicted molar refractivity (Wildman–Crippen MR) is 109 cm³/mol. The van der Waals surface area contributed by atoms with Gasteiger partial charge in [-0.15, -0.1) is 23.7 Å². The normalized spacial score (nSPS) is 16.9. The molecule has 5 nitrogen and oxygen atoms in total. The molecule has 3 rings (SSSR count). The van der Waals surface area contributed by atoms with Crippen LogP contribution in [-0.2, 0) is 22.7 Å². The van der Waals surface area contributed by atoms with Crippen LogP contribution >= 0.6 is 39.7 Å². The number of benzene rings is 1. The second-order valence-electron chi connectivity index (χ2n) is 5.96. The zero-order valence-electron chi connectivity index (χ0n) is 14.1. The number of amides is 2. The minimum absolute atomic E-state index is 0. The number of nitrogens with one attached hydrogen (secondary N) is 2. The van der Waals surface area contributed by atoms with E-state index in [1.807, 2.05) is 46.7 Å². The maximum absolute atomic E-state index is 12.7. The number of thiophene rings is 1. The molecule has 1 saturated heterocycles. The summed E-state index contributed by atoms with van der Waals surface area (Å²) in [6, 6.07) is 11.4. The van der Waals surface area contributed by atoms with E-state index in [0.717, 1.165) is 14.9 Å². The first-order chi connectivity index (χ1) is 12.1. The van der Waals surface area contributed by atoms with Gasteiger partial charge in [0.05, 0.1) is 19.0 Å². The van der Waals surface area contributed by atoms with Crippen LogP contribution in [0.25, 0.3) is 0 Å². The monoisotopic (exact) mass is 457 g/mol. The van der Waals surface area contributed by atoms with Crippen molar-refractivity contribution in [3.8, 4) is 0 Å². The second kappa shape index (κ2) is 10.1. The van der Waals surface area contributed by atoms with Crippen molar-refractivity contribution in [3.05, 3.63) is 56.7 Å². The molecule has 0 aliphatic carbocycles. The highest BCUT2D eigenvalue weighted by Crippen LogP contribution is 2.15. The number of piperazine rings is 1. The van der Waals surface area contributed by atoms with Crippen molar-refractivity contribution in [2.24, 2.45) is 0 Å². The van der Waals surface area contributed by atoms with Crippen LogP contribution < -0.4 is 10.6 Å². The molecule has 1 aromatic carbocycles. The molecule has 2 amide bonds. The third kappa shape index (κ3) is 5.81. The molecule has 1 fully saturated rings. The molecule has 0 saturated carbocycles. The number of hydrogen-bond donors (Lipinski definition) is 2. The smallest absolute Gasteiger partial charge is 0.240 e. The number of hydrogen-bond acceptors (Lipinski definition) is 4. The lowest BCUT2D eigenvalue weighted by Gasteiger charge is -2.33. The summed E-state index contributed by atoms with van der Waals surface area (Å²) in [7, 11) is 0. The van der Waals surface area contributed by atoms with Crippen molar-refractivity contribution in [1.82, 2.24) is 15.5 Å². The Morgan fingerprint density at radius 3 is 2.92 bits per heavy atom. The van der Waals surface area contributed by atoms with Crippen molar-refractivity contribution in [2.45, 2.75) is 25.6 Å². The fourth-order valence-corrected chi connectivity index (χ4v) is 3.91. The van der Waals surface area contributed by atoms with Gasteiger partial charge in [-0.05, 0) is 29.1 Å². The predicted octanol–water partition coefficient (Wildman–Crippen LogP) is 2.94. The van der Waals surface area contributed by atoms with Gasteiger partial charge in [-0.25, -0.2) is 0 Å². The van der Waals surface area contributed by atoms with E-state index in [9.17, 15) is 9.59 Å². The zero-order chi connectivity index (χ0) is 17.6. The largest absolute Gasteiger partial charge is 0.351 e. The summed E-state index contributed by atoms with van der Waals surface area (Å²) in [6.45, 7) is 2.42. The topological polar surface area (TPSA) is 61.4 Å². The molecule has 0 radical (unpaired) electrons. The third-order valence-corrected chi connectivity index (χ3v) is 5.44. The lowest BCUT2D eigenvalue weighted by Crippen LogP contribution is -2.55. The molecule has 140 valence electrons. The molecule has 1 aromatic heterocycles. The molecule has 0 spiro atoms. The van der Waals surface area contributed by atoms with Gasteiger partial charge in [0.2, 0.25) is 11.8 Å². The number of carbonyl (C=O) groups is 2. The minimum atomic E-state index is -0.454. The summed E-state index contributed by atoms with van der Waals surface area (Å²) < 4.78 is 0.997. The van der Waals surface area contributed by atoms with Crippen molar-refractivity contribution in [2.75, 3.05) is 13.1 Å². The maximum Gasteiger partial charge on any atom is 0.240 e. The molecule has 0 bridgehead atoms. The molecule has 8 heteroatoms. The van der Waals surface area contributed by atoms with Gasteiger partial charge < -0.3 is 15.5 Å². The third-order valence-electron chi connectivity index (χ3n) is 4.07. The van der Waals surface area contributed by atoms with Gasteiger partial charge in [0.25, 0.3) is 0 Å². The molecule has 1 unspecified atom stereocenters. The Labute approximate surface area is 171 Å². The lowest BCUT2D eigenvalue weighted by atomic mass is 10.1. The van der Waals surface area contributed by atoms with E-state index >= 15 is 0 Å². The van der Waals surface area contributed by atoms with Crippen LogP contribution in [0.3, 0.4) is 0 Å². The molecule has 2 heterocycles. The molecule has 26 heavy (non-hydrogen) atoms. The van der Waals surface area contributed by atoms with E-state index in [-0.39, 0.29) is 30.6 Å². The first-order valence-corrected chi connectivity index (χ1v) is 9.85. The van der Waals surface area contributed by atoms with E-state index in [1.54, 1.807) is 11.3 Å². The van der Waals surface area contributed by atoms with Crippen LogP contribution in [0, 0.1) is 0 Å². The Bertz CT molecular complexity index is 742. The zero-order valence-corrected chi connectivity index (χ0v) is 17.3. The number of rotatable bonds is 6. The summed E-state index contributed by atoms with van der Waals surface area (Å²) >= 11 is 5.06. The summed E-state index contributed by atoms with van der Waals surface area (Å²) in [5.74, 6) is -0.124. The highest BCUT2D eigenvalue weighted by molar-refractivity contribution is 9.10. The Hall–Kier alpha value is -1.41. The van der Waals surface area contributed by atoms with Crippen LogP contribution in [0.1, 0.15) is 16.9 Å². The summed E-state index contributed by atoms with van der Waals surface area (Å²) in [5.41, 5.74) is 1.07. The lowest BCUT2D eigenvalue weighted by molar-refractivity contribution is -0.138. The van der Waals surface area contributed by atoms with Gasteiger partial charge >= 0.3 is 0 Å². The highest BCUT2D eigenvalue weighted by Gasteiger charge is 2.30. The van der Waals surface area contributed by atoms with E-state index in [0.29, 0.717) is 26.2 Å². The summed E-state index contributed by atoms with van der Waals surface area (Å²) in [5, 5.41) is 8.02. The average Bonchev–Trinajstić information content (AvgIpc) is 3.10. The molecule has 2 N–H and O–H groups in total. The van der Waals surface area contributed by atoms with E-state index in [1.165, 1.54) is 0 Å². The molecule has 1 atom stereocenters. The molecule has 2 aromatic rings. The van der Waals surface area contributed by atoms with Crippen LogP contribution in [-0.4, -0.2) is 35.8 Å². The standard InChI is InChI=1S/C18H20BrN3O2S.ClH/c19-14-4-1-3-13(9-14)12-22-7-6-20-16(18(22)24)10-17(23)21-11-15-5-2-8-25-15;/h1-5,8-9,16,20H,6-7,10-12H2,(H,21,23);1H. The van der Waals surface area contributed by atoms with Gasteiger partial charge in [0.1, 0.15) is 0 Å². The quantitative estimate of drug-likeness (QED) is 0.700. The number of nitrogens with zero attached hydrogens (tertiary/aromatic N) is 1. The number of carbonyl (C=O) groups excluding carboxylic acids is 2. The van der Waals surface area contributed by atoms with Crippen LogP contribution in [0.5, 0.6) is 0 Å². The van der Waals surface area contributed by atoms with Gasteiger partial charge in [-0.1, -0.05) is 34.1 Å². The SMILES string of the molecule is Cl.O=C(CC1NCCN(Cc2cccc(Br)c2)C1=O)NCc1cccs1. The first kappa shape index (κ1) is 20.9. The Morgan fingerprint density at radius 2 is 2.19 bits per heavy atom. The van der Waals surface area contributed by atoms with E-state index in [2.05, 4.69) is 26.6 Å². The van der Waals surface area contributed by atoms with Gasteiger partial charge in [0.15, 0.2) is 0 Å². The van der Waals surface area contributed by atoms with Crippen LogP contribution in [0.2, 0.25) is 0 Å². The minimum Gasteiger partial charge on any atom is -0.351 e. The van der Waals surface area contributed by atoms with Crippen molar-refractivity contribution in [3.63, 3.8) is 0 Å². The van der Waals surface area contributed by atoms with E-state index in [4.69, 9.17) is 0 Å². The highest BCUT2D eigenvalue weighted by atomic mass is 79.9. The summed E-state index contributed by atoms with van der Waals surface area (Å²) in [4.78, 5) is 27.7. The van der Waals surface area contributed by atoms with E-state index < -0.39 is 6.04 Å². The molecular weight excluding hydrogens is 438 g/mol. The van der Waals surface area contributed by atoms with Gasteiger partial charge in [-0.3, -0.25) is 9.59 Å². The van der Waals surface area contributed by atoms with Crippen molar-refractivity contribution in [1.29, 1.82) is 0 Å². The number of halogens is 2. The van der Waals surface area contributed by atoms with Crippen LogP contribution in [0.4, 0.5) is 0 Å². The van der Waals surface area contributed by atoms with Crippen LogP contribution in [0.15, 0.2) is 46.3 Å². The maximum atomic E-state index is 12.7. The van der Waals surface area contributed by atoms with Gasteiger partial charge in [0, 0.05) is 29.0 Å². The summed E-state index contributed by atoms with van der Waals surface area (Å²) in [6.07, 6.45) is 0.166. The molecule has 1 aliphatic heterocycles. The van der Waals surface area contributed by atoms with Gasteiger partial charge in [-0.2, -0.15) is 0 Å². The fraction of sp³-hybridized carbons (Fsp3) is 0.333. The average molecular weight is 459 g/mol. The first-order valence-electron chi connectivity index (χ1n) is 8.17. The fourth-order valence-electron chi connectivity index (χ4n) is 2.82. The Morgan fingerprint density at radius 1 is 1.35 bits per heavy atom. The molecule has 1 aliphatic rings. The second-order valence-corrected chi connectivity index (χ2v) is 7.90. The Kier molecular flexibility index (Phi) is 8.09. The van der Waals surface area contributed by atoms with Crippen molar-refractivity contribution < 1.29 is 9.59 Å². The van der Waals surface area contributed by atoms with Crippen molar-refractivity contribution >= 4 is 51.5 Å². The Balaban J connectivity index is 0.00000243. The molecular formula is C18H21BrClN3O2S.